The minimum absolute atomic E-state index is 0.630. The third kappa shape index (κ3) is 4.67. The summed E-state index contributed by atoms with van der Waals surface area (Å²) in [6.07, 6.45) is 1.68. The number of rotatable bonds is 5. The summed E-state index contributed by atoms with van der Waals surface area (Å²) in [6, 6.07) is 16.0. The van der Waals surface area contributed by atoms with Gasteiger partial charge in [-0.25, -0.2) is 0 Å². The Morgan fingerprint density at radius 3 is 2.78 bits per heavy atom. The van der Waals surface area contributed by atoms with Gasteiger partial charge in [0.2, 0.25) is 0 Å². The van der Waals surface area contributed by atoms with Crippen molar-refractivity contribution in [3.8, 4) is 0 Å². The van der Waals surface area contributed by atoms with Crippen molar-refractivity contribution in [1.82, 2.24) is 4.90 Å². The lowest BCUT2D eigenvalue weighted by atomic mass is 10.3. The Bertz CT molecular complexity index is 721. The maximum Gasteiger partial charge on any atom is 0.174 e. The third-order valence-corrected chi connectivity index (χ3v) is 4.93. The first kappa shape index (κ1) is 16.2. The van der Waals surface area contributed by atoms with Crippen molar-refractivity contribution in [2.45, 2.75) is 13.1 Å². The van der Waals surface area contributed by atoms with Crippen molar-refractivity contribution >= 4 is 50.3 Å². The van der Waals surface area contributed by atoms with Crippen LogP contribution in [0.15, 0.2) is 69.1 Å². The minimum atomic E-state index is 0.630. The van der Waals surface area contributed by atoms with Crippen molar-refractivity contribution in [2.24, 2.45) is 0 Å². The smallest absolute Gasteiger partial charge is 0.174 e. The number of hydrogen-bond donors (Lipinski definition) is 1. The fourth-order valence-electron chi connectivity index (χ4n) is 2.15. The van der Waals surface area contributed by atoms with E-state index in [1.807, 2.05) is 36.4 Å². The lowest BCUT2D eigenvalue weighted by Crippen LogP contribution is -2.33. The Labute approximate surface area is 153 Å². The number of furan rings is 1. The van der Waals surface area contributed by atoms with Crippen molar-refractivity contribution < 1.29 is 4.42 Å². The van der Waals surface area contributed by atoms with Gasteiger partial charge in [0.1, 0.15) is 5.76 Å². The number of thiophene rings is 1. The van der Waals surface area contributed by atoms with E-state index < -0.39 is 0 Å². The summed E-state index contributed by atoms with van der Waals surface area (Å²) in [5.74, 6) is 0.889. The van der Waals surface area contributed by atoms with Gasteiger partial charge in [0.05, 0.1) is 19.4 Å². The van der Waals surface area contributed by atoms with Crippen molar-refractivity contribution in [2.75, 3.05) is 5.32 Å². The number of nitrogens with zero attached hydrogens (tertiary/aromatic N) is 1. The van der Waals surface area contributed by atoms with E-state index in [0.29, 0.717) is 11.7 Å². The zero-order valence-electron chi connectivity index (χ0n) is 12.2. The molecular formula is C17H15BrN2OS2. The summed E-state index contributed by atoms with van der Waals surface area (Å²) in [4.78, 5) is 3.36. The van der Waals surface area contributed by atoms with Crippen LogP contribution in [0.4, 0.5) is 5.69 Å². The van der Waals surface area contributed by atoms with Gasteiger partial charge in [-0.3, -0.25) is 0 Å². The molecule has 0 aliphatic heterocycles. The molecule has 0 spiro atoms. The highest BCUT2D eigenvalue weighted by molar-refractivity contribution is 9.10. The van der Waals surface area contributed by atoms with E-state index in [9.17, 15) is 0 Å². The van der Waals surface area contributed by atoms with Crippen LogP contribution in [0.1, 0.15) is 10.6 Å². The molecule has 0 amide bonds. The number of nitrogens with one attached hydrogen (secondary N) is 1. The summed E-state index contributed by atoms with van der Waals surface area (Å²) in [5, 5.41) is 6.05. The fourth-order valence-corrected chi connectivity index (χ4v) is 3.52. The van der Waals surface area contributed by atoms with E-state index >= 15 is 0 Å². The molecule has 0 aliphatic rings. The summed E-state index contributed by atoms with van der Waals surface area (Å²) in [5.41, 5.74) is 0.958. The lowest BCUT2D eigenvalue weighted by Gasteiger charge is -2.24. The second kappa shape index (κ2) is 7.77. The minimum Gasteiger partial charge on any atom is -0.467 e. The predicted octanol–water partition coefficient (Wildman–Crippen LogP) is 5.50. The molecule has 0 radical (unpaired) electrons. The number of thiocarbonyl (C=S) groups is 1. The quantitative estimate of drug-likeness (QED) is 0.565. The molecule has 0 aliphatic carbocycles. The average molecular weight is 407 g/mol. The van der Waals surface area contributed by atoms with Crippen LogP contribution in [0.25, 0.3) is 0 Å². The molecule has 0 unspecified atom stereocenters. The van der Waals surface area contributed by atoms with E-state index in [4.69, 9.17) is 16.6 Å². The van der Waals surface area contributed by atoms with Gasteiger partial charge in [-0.2, -0.15) is 0 Å². The van der Waals surface area contributed by atoms with E-state index in [-0.39, 0.29) is 0 Å². The molecule has 0 bridgehead atoms. The first-order chi connectivity index (χ1) is 11.2. The molecule has 3 aromatic rings. The average Bonchev–Trinajstić information content (AvgIpc) is 3.20. The monoisotopic (exact) mass is 406 g/mol. The molecule has 0 fully saturated rings. The molecule has 0 atom stereocenters. The van der Waals surface area contributed by atoms with Gasteiger partial charge in [-0.1, -0.05) is 28.1 Å². The van der Waals surface area contributed by atoms with Crippen LogP contribution in [0, 0.1) is 0 Å². The molecule has 1 N–H and O–H groups in total. The highest BCUT2D eigenvalue weighted by atomic mass is 79.9. The van der Waals surface area contributed by atoms with Crippen molar-refractivity contribution in [3.63, 3.8) is 0 Å². The zero-order valence-corrected chi connectivity index (χ0v) is 15.5. The van der Waals surface area contributed by atoms with Crippen molar-refractivity contribution in [3.05, 3.63) is 75.3 Å². The lowest BCUT2D eigenvalue weighted by molar-refractivity contribution is 0.362. The van der Waals surface area contributed by atoms with Crippen LogP contribution in [0.2, 0.25) is 0 Å². The van der Waals surface area contributed by atoms with Crippen LogP contribution < -0.4 is 5.32 Å². The molecule has 0 saturated heterocycles. The molecule has 118 valence electrons. The van der Waals surface area contributed by atoms with Gasteiger partial charge in [-0.05, 0) is 54.0 Å². The summed E-state index contributed by atoms with van der Waals surface area (Å²) in [6.45, 7) is 1.38. The maximum absolute atomic E-state index is 5.61. The number of benzene rings is 1. The Balaban J connectivity index is 1.74. The standard InChI is InChI=1S/C17H15BrN2OS2/c18-13-4-1-5-14(10-13)19-17(22)20(11-15-6-2-8-21-15)12-16-7-3-9-23-16/h1-10H,11-12H2,(H,19,22). The molecule has 1 aromatic carbocycles. The molecule has 2 aromatic heterocycles. The Hall–Kier alpha value is -1.63. The summed E-state index contributed by atoms with van der Waals surface area (Å²) in [7, 11) is 0. The Morgan fingerprint density at radius 2 is 2.09 bits per heavy atom. The highest BCUT2D eigenvalue weighted by Crippen LogP contribution is 2.19. The molecule has 2 heterocycles. The van der Waals surface area contributed by atoms with E-state index in [1.54, 1.807) is 17.6 Å². The van der Waals surface area contributed by atoms with Gasteiger partial charge in [0.15, 0.2) is 5.11 Å². The number of anilines is 1. The van der Waals surface area contributed by atoms with Crippen molar-refractivity contribution in [1.29, 1.82) is 0 Å². The summed E-state index contributed by atoms with van der Waals surface area (Å²) < 4.78 is 6.48. The molecule has 23 heavy (non-hydrogen) atoms. The topological polar surface area (TPSA) is 28.4 Å². The first-order valence-electron chi connectivity index (χ1n) is 7.07. The van der Waals surface area contributed by atoms with E-state index in [1.165, 1.54) is 4.88 Å². The molecular weight excluding hydrogens is 392 g/mol. The van der Waals surface area contributed by atoms with Crippen LogP contribution in [-0.4, -0.2) is 10.0 Å². The third-order valence-electron chi connectivity index (χ3n) is 3.22. The first-order valence-corrected chi connectivity index (χ1v) is 9.15. The molecule has 6 heteroatoms. The molecule has 3 rings (SSSR count). The zero-order chi connectivity index (χ0) is 16.1. The van der Waals surface area contributed by atoms with Gasteiger partial charge in [-0.15, -0.1) is 11.3 Å². The largest absolute Gasteiger partial charge is 0.467 e. The maximum atomic E-state index is 5.61. The van der Waals surface area contributed by atoms with E-state index in [2.05, 4.69) is 43.7 Å². The predicted molar refractivity (Wildman–Crippen MR) is 103 cm³/mol. The van der Waals surface area contributed by atoms with Crippen LogP contribution >= 0.6 is 39.5 Å². The van der Waals surface area contributed by atoms with Crippen LogP contribution in [0.3, 0.4) is 0 Å². The molecule has 3 nitrogen and oxygen atoms in total. The van der Waals surface area contributed by atoms with E-state index in [0.717, 1.165) is 22.5 Å². The second-order valence-corrected chi connectivity index (χ2v) is 7.29. The van der Waals surface area contributed by atoms with Gasteiger partial charge in [0, 0.05) is 15.0 Å². The SMILES string of the molecule is S=C(Nc1cccc(Br)c1)N(Cc1ccco1)Cc1cccs1. The second-order valence-electron chi connectivity index (χ2n) is 4.96. The number of halogens is 1. The number of hydrogen-bond acceptors (Lipinski definition) is 3. The normalized spacial score (nSPS) is 10.5. The van der Waals surface area contributed by atoms with Gasteiger partial charge in [0.25, 0.3) is 0 Å². The Kier molecular flexibility index (Phi) is 5.48. The molecule has 0 saturated carbocycles. The Morgan fingerprint density at radius 1 is 1.17 bits per heavy atom. The van der Waals surface area contributed by atoms with Gasteiger partial charge >= 0.3 is 0 Å². The summed E-state index contributed by atoms with van der Waals surface area (Å²) >= 11 is 10.8. The fraction of sp³-hybridized carbons (Fsp3) is 0.118. The van der Waals surface area contributed by atoms with Gasteiger partial charge < -0.3 is 14.6 Å². The highest BCUT2D eigenvalue weighted by Gasteiger charge is 2.13. The van der Waals surface area contributed by atoms with Crippen LogP contribution in [0.5, 0.6) is 0 Å². The van der Waals surface area contributed by atoms with Crippen LogP contribution in [-0.2, 0) is 13.1 Å².